The third kappa shape index (κ3) is 1.83. The lowest BCUT2D eigenvalue weighted by Gasteiger charge is -2.29. The van der Waals surface area contributed by atoms with Crippen molar-refractivity contribution in [1.29, 1.82) is 0 Å². The summed E-state index contributed by atoms with van der Waals surface area (Å²) in [5.74, 6) is 0.692. The van der Waals surface area contributed by atoms with E-state index in [-0.39, 0.29) is 5.78 Å². The van der Waals surface area contributed by atoms with Crippen LogP contribution in [-0.4, -0.2) is 18.5 Å². The summed E-state index contributed by atoms with van der Waals surface area (Å²) in [6.07, 6.45) is 5.98. The Labute approximate surface area is 90.4 Å². The van der Waals surface area contributed by atoms with Crippen LogP contribution in [0.5, 0.6) is 0 Å². The van der Waals surface area contributed by atoms with E-state index in [1.54, 1.807) is 7.05 Å². The van der Waals surface area contributed by atoms with Crippen LogP contribution in [0.4, 0.5) is 0 Å². The van der Waals surface area contributed by atoms with E-state index in [1.807, 2.05) is 0 Å². The summed E-state index contributed by atoms with van der Waals surface area (Å²) >= 11 is 0. The molecule has 0 aliphatic heterocycles. The van der Waals surface area contributed by atoms with Gasteiger partial charge in [0.25, 0.3) is 0 Å². The Morgan fingerprint density at radius 1 is 1.33 bits per heavy atom. The van der Waals surface area contributed by atoms with Gasteiger partial charge in [0.05, 0.1) is 11.3 Å². The van der Waals surface area contributed by atoms with Gasteiger partial charge >= 0.3 is 0 Å². The highest BCUT2D eigenvalue weighted by Gasteiger charge is 2.31. The molecule has 0 radical (unpaired) electrons. The first-order valence-electron chi connectivity index (χ1n) is 5.73. The molecule has 0 aromatic carbocycles. The minimum atomic E-state index is 0.200. The van der Waals surface area contributed by atoms with Crippen molar-refractivity contribution in [2.75, 3.05) is 7.05 Å². The third-order valence-electron chi connectivity index (χ3n) is 3.44. The lowest BCUT2D eigenvalue weighted by molar-refractivity contribution is -0.115. The van der Waals surface area contributed by atoms with E-state index in [0.29, 0.717) is 12.3 Å². The molecule has 0 saturated heterocycles. The number of allylic oxidation sites excluding steroid dienone is 2. The summed E-state index contributed by atoms with van der Waals surface area (Å²) in [5.41, 5.74) is 8.44. The van der Waals surface area contributed by atoms with Crippen molar-refractivity contribution < 1.29 is 4.79 Å². The molecule has 3 nitrogen and oxygen atoms in total. The summed E-state index contributed by atoms with van der Waals surface area (Å²) < 4.78 is 0. The van der Waals surface area contributed by atoms with Crippen LogP contribution >= 0.6 is 0 Å². The standard InChI is InChI=1S/C12H18N2O/c1-14-12(8-4-2-5-8)11-9(13)6-3-7-10(11)15/h8H,2-7,13H2,1H3. The van der Waals surface area contributed by atoms with E-state index in [2.05, 4.69) is 4.99 Å². The van der Waals surface area contributed by atoms with Gasteiger partial charge in [0.15, 0.2) is 5.78 Å². The molecule has 15 heavy (non-hydrogen) atoms. The van der Waals surface area contributed by atoms with Crippen LogP contribution in [-0.2, 0) is 4.79 Å². The molecule has 82 valence electrons. The summed E-state index contributed by atoms with van der Waals surface area (Å²) in [4.78, 5) is 16.1. The van der Waals surface area contributed by atoms with E-state index >= 15 is 0 Å². The second-order valence-electron chi connectivity index (χ2n) is 4.41. The Kier molecular flexibility index (Phi) is 2.89. The molecule has 0 aromatic heterocycles. The summed E-state index contributed by atoms with van der Waals surface area (Å²) in [6.45, 7) is 0. The van der Waals surface area contributed by atoms with Crippen molar-refractivity contribution in [3.8, 4) is 0 Å². The zero-order valence-electron chi connectivity index (χ0n) is 9.25. The first kappa shape index (κ1) is 10.4. The molecule has 1 saturated carbocycles. The lowest BCUT2D eigenvalue weighted by atomic mass is 9.76. The molecular formula is C12H18N2O. The van der Waals surface area contributed by atoms with Gasteiger partial charge in [-0.2, -0.15) is 0 Å². The van der Waals surface area contributed by atoms with Crippen LogP contribution in [0.25, 0.3) is 0 Å². The minimum Gasteiger partial charge on any atom is -0.401 e. The normalized spacial score (nSPS) is 24.3. The highest BCUT2D eigenvalue weighted by molar-refractivity contribution is 6.24. The average Bonchev–Trinajstić information content (AvgIpc) is 2.12. The molecule has 0 amide bonds. The van der Waals surface area contributed by atoms with Gasteiger partial charge < -0.3 is 5.73 Å². The van der Waals surface area contributed by atoms with E-state index in [4.69, 9.17) is 5.73 Å². The number of carbonyl (C=O) groups excluding carboxylic acids is 1. The van der Waals surface area contributed by atoms with Crippen LogP contribution in [0.15, 0.2) is 16.3 Å². The van der Waals surface area contributed by atoms with Gasteiger partial charge in [0.2, 0.25) is 0 Å². The molecule has 2 aliphatic carbocycles. The van der Waals surface area contributed by atoms with E-state index < -0.39 is 0 Å². The predicted molar refractivity (Wildman–Crippen MR) is 60.8 cm³/mol. The Hall–Kier alpha value is -1.12. The maximum absolute atomic E-state index is 11.8. The Balaban J connectivity index is 2.29. The highest BCUT2D eigenvalue weighted by atomic mass is 16.1. The van der Waals surface area contributed by atoms with Crippen molar-refractivity contribution in [2.45, 2.75) is 38.5 Å². The van der Waals surface area contributed by atoms with E-state index in [9.17, 15) is 4.79 Å². The van der Waals surface area contributed by atoms with Crippen molar-refractivity contribution >= 4 is 11.5 Å². The molecule has 0 spiro atoms. The molecule has 2 N–H and O–H groups in total. The molecule has 0 unspecified atom stereocenters. The number of Topliss-reactive ketones (excluding diaryl/α,β-unsaturated/α-hetero) is 1. The first-order chi connectivity index (χ1) is 7.24. The maximum Gasteiger partial charge on any atom is 0.166 e. The van der Waals surface area contributed by atoms with Crippen molar-refractivity contribution in [3.05, 3.63) is 11.3 Å². The van der Waals surface area contributed by atoms with Crippen LogP contribution in [0.1, 0.15) is 38.5 Å². The maximum atomic E-state index is 11.8. The van der Waals surface area contributed by atoms with Crippen LogP contribution in [0.2, 0.25) is 0 Å². The fourth-order valence-corrected chi connectivity index (χ4v) is 2.36. The van der Waals surface area contributed by atoms with E-state index in [1.165, 1.54) is 6.42 Å². The number of hydrogen-bond donors (Lipinski definition) is 1. The smallest absolute Gasteiger partial charge is 0.166 e. The fraction of sp³-hybridized carbons (Fsp3) is 0.667. The van der Waals surface area contributed by atoms with Gasteiger partial charge in [-0.15, -0.1) is 0 Å². The largest absolute Gasteiger partial charge is 0.401 e. The fourth-order valence-electron chi connectivity index (χ4n) is 2.36. The van der Waals surface area contributed by atoms with Gasteiger partial charge in [-0.1, -0.05) is 6.42 Å². The van der Waals surface area contributed by atoms with Gasteiger partial charge in [0, 0.05) is 25.1 Å². The monoisotopic (exact) mass is 206 g/mol. The Morgan fingerprint density at radius 3 is 2.53 bits per heavy atom. The summed E-state index contributed by atoms with van der Waals surface area (Å²) in [7, 11) is 1.77. The number of nitrogens with two attached hydrogens (primary N) is 1. The van der Waals surface area contributed by atoms with E-state index in [0.717, 1.165) is 42.7 Å². The number of aliphatic imine (C=N–C) groups is 1. The number of nitrogens with zero attached hydrogens (tertiary/aromatic N) is 1. The summed E-state index contributed by atoms with van der Waals surface area (Å²) in [5, 5.41) is 0. The highest BCUT2D eigenvalue weighted by Crippen LogP contribution is 2.33. The molecule has 3 heteroatoms. The van der Waals surface area contributed by atoms with Crippen molar-refractivity contribution in [3.63, 3.8) is 0 Å². The van der Waals surface area contributed by atoms with Gasteiger partial charge in [-0.3, -0.25) is 9.79 Å². The van der Waals surface area contributed by atoms with Crippen LogP contribution in [0, 0.1) is 5.92 Å². The lowest BCUT2D eigenvalue weighted by Crippen LogP contribution is -2.31. The molecule has 2 aliphatic rings. The topological polar surface area (TPSA) is 55.4 Å². The third-order valence-corrected chi connectivity index (χ3v) is 3.44. The summed E-state index contributed by atoms with van der Waals surface area (Å²) in [6, 6.07) is 0. The Morgan fingerprint density at radius 2 is 2.07 bits per heavy atom. The Bertz CT molecular complexity index is 338. The van der Waals surface area contributed by atoms with Gasteiger partial charge in [0.1, 0.15) is 0 Å². The minimum absolute atomic E-state index is 0.200. The zero-order valence-corrected chi connectivity index (χ0v) is 9.25. The molecule has 0 aromatic rings. The molecule has 2 rings (SSSR count). The van der Waals surface area contributed by atoms with Gasteiger partial charge in [-0.25, -0.2) is 0 Å². The van der Waals surface area contributed by atoms with Gasteiger partial charge in [-0.05, 0) is 25.7 Å². The van der Waals surface area contributed by atoms with Crippen LogP contribution < -0.4 is 5.73 Å². The number of ketones is 1. The number of rotatable bonds is 2. The SMILES string of the molecule is CN=C(C1=C(N)CCCC1=O)C1CCC1. The van der Waals surface area contributed by atoms with Crippen LogP contribution in [0.3, 0.4) is 0 Å². The molecule has 0 bridgehead atoms. The quantitative estimate of drug-likeness (QED) is 0.701. The van der Waals surface area contributed by atoms with Crippen molar-refractivity contribution in [1.82, 2.24) is 0 Å². The number of carbonyl (C=O) groups is 1. The second kappa shape index (κ2) is 4.17. The number of hydrogen-bond acceptors (Lipinski definition) is 3. The molecule has 0 heterocycles. The molecular weight excluding hydrogens is 188 g/mol. The zero-order chi connectivity index (χ0) is 10.8. The average molecular weight is 206 g/mol. The molecule has 0 atom stereocenters. The first-order valence-corrected chi connectivity index (χ1v) is 5.73. The van der Waals surface area contributed by atoms with Crippen molar-refractivity contribution in [2.24, 2.45) is 16.6 Å². The predicted octanol–water partition coefficient (Wildman–Crippen LogP) is 1.82. The second-order valence-corrected chi connectivity index (χ2v) is 4.41. The molecule has 1 fully saturated rings.